The summed E-state index contributed by atoms with van der Waals surface area (Å²) in [5, 5.41) is 12.9. The molecule has 1 rings (SSSR count). The fraction of sp³-hybridized carbons (Fsp3) is 0.222. The van der Waals surface area contributed by atoms with Crippen LogP contribution in [-0.4, -0.2) is 17.4 Å². The van der Waals surface area contributed by atoms with Gasteiger partial charge in [-0.3, -0.25) is 14.9 Å². The maximum atomic E-state index is 11.1. The number of amides is 1. The summed E-state index contributed by atoms with van der Waals surface area (Å²) in [5.74, 6) is -0.202. The summed E-state index contributed by atoms with van der Waals surface area (Å²) >= 11 is 0. The zero-order valence-electron chi connectivity index (χ0n) is 7.97. The van der Waals surface area contributed by atoms with E-state index in [0.29, 0.717) is 5.69 Å². The van der Waals surface area contributed by atoms with Crippen molar-refractivity contribution in [2.24, 2.45) is 5.73 Å². The molecule has 0 radical (unpaired) electrons. The van der Waals surface area contributed by atoms with Crippen LogP contribution in [0.4, 0.5) is 11.4 Å². The molecule has 0 aliphatic rings. The molecule has 1 aromatic rings. The minimum Gasteiger partial charge on any atom is -0.330 e. The van der Waals surface area contributed by atoms with Crippen LogP contribution >= 0.6 is 0 Å². The minimum atomic E-state index is -0.495. The molecule has 0 spiro atoms. The van der Waals surface area contributed by atoms with Crippen LogP contribution in [0.2, 0.25) is 0 Å². The lowest BCUT2D eigenvalue weighted by molar-refractivity contribution is -0.384. The van der Waals surface area contributed by atoms with E-state index in [0.717, 1.165) is 0 Å². The van der Waals surface area contributed by atoms with Gasteiger partial charge in [0, 0.05) is 30.8 Å². The quantitative estimate of drug-likeness (QED) is 0.568. The van der Waals surface area contributed by atoms with Gasteiger partial charge in [-0.2, -0.15) is 0 Å². The van der Waals surface area contributed by atoms with Gasteiger partial charge in [-0.05, 0) is 12.1 Å². The van der Waals surface area contributed by atoms with Crippen LogP contribution < -0.4 is 11.1 Å². The lowest BCUT2D eigenvalue weighted by Crippen LogP contribution is -2.16. The number of nitrogens with zero attached hydrogens (tertiary/aromatic N) is 1. The topological polar surface area (TPSA) is 98.3 Å². The predicted molar refractivity (Wildman–Crippen MR) is 55.4 cm³/mol. The van der Waals surface area contributed by atoms with Crippen molar-refractivity contribution in [1.29, 1.82) is 0 Å². The van der Waals surface area contributed by atoms with Crippen molar-refractivity contribution in [2.45, 2.75) is 6.42 Å². The average molecular weight is 209 g/mol. The number of hydrogen-bond acceptors (Lipinski definition) is 4. The number of carbonyl (C=O) groups is 1. The molecule has 6 heteroatoms. The summed E-state index contributed by atoms with van der Waals surface area (Å²) in [6.45, 7) is 0.277. The molecule has 1 aromatic carbocycles. The third-order valence-corrected chi connectivity index (χ3v) is 1.73. The Morgan fingerprint density at radius 3 is 2.47 bits per heavy atom. The van der Waals surface area contributed by atoms with E-state index in [4.69, 9.17) is 5.73 Å². The number of nitrogens with two attached hydrogens (primary N) is 1. The number of nitrogens with one attached hydrogen (secondary N) is 1. The van der Waals surface area contributed by atoms with Crippen LogP contribution in [0.3, 0.4) is 0 Å². The van der Waals surface area contributed by atoms with Crippen molar-refractivity contribution in [3.8, 4) is 0 Å². The van der Waals surface area contributed by atoms with Crippen molar-refractivity contribution in [3.63, 3.8) is 0 Å². The standard InChI is InChI=1S/C9H11N3O3/c10-6-5-9(13)11-7-1-3-8(4-2-7)12(14)15/h1-4H,5-6,10H2,(H,11,13). The summed E-state index contributed by atoms with van der Waals surface area (Å²) in [5.41, 5.74) is 5.72. The van der Waals surface area contributed by atoms with Crippen molar-refractivity contribution in [3.05, 3.63) is 34.4 Å². The highest BCUT2D eigenvalue weighted by atomic mass is 16.6. The molecule has 15 heavy (non-hydrogen) atoms. The Hall–Kier alpha value is -1.95. The molecule has 0 unspecified atom stereocenters. The van der Waals surface area contributed by atoms with Gasteiger partial charge in [0.25, 0.3) is 5.69 Å². The maximum Gasteiger partial charge on any atom is 0.269 e. The Labute approximate surface area is 86.2 Å². The van der Waals surface area contributed by atoms with E-state index in [1.54, 1.807) is 0 Å². The number of nitro groups is 1. The fourth-order valence-corrected chi connectivity index (χ4v) is 1.02. The highest BCUT2D eigenvalue weighted by Crippen LogP contribution is 2.15. The number of carbonyl (C=O) groups excluding carboxylic acids is 1. The van der Waals surface area contributed by atoms with Crippen LogP contribution in [0, 0.1) is 10.1 Å². The molecule has 0 bridgehead atoms. The van der Waals surface area contributed by atoms with Gasteiger partial charge in [-0.25, -0.2) is 0 Å². The second kappa shape index (κ2) is 5.06. The molecule has 0 saturated carbocycles. The average Bonchev–Trinajstić information content (AvgIpc) is 2.18. The molecule has 0 aliphatic carbocycles. The third kappa shape index (κ3) is 3.35. The number of benzene rings is 1. The van der Waals surface area contributed by atoms with Crippen LogP contribution in [0.25, 0.3) is 0 Å². The molecule has 0 fully saturated rings. The molecule has 6 nitrogen and oxygen atoms in total. The molecule has 0 atom stereocenters. The van der Waals surface area contributed by atoms with E-state index < -0.39 is 4.92 Å². The fourth-order valence-electron chi connectivity index (χ4n) is 1.02. The first-order valence-electron chi connectivity index (χ1n) is 4.38. The summed E-state index contributed by atoms with van der Waals surface area (Å²) in [6, 6.07) is 5.62. The molecule has 80 valence electrons. The minimum absolute atomic E-state index is 0.00757. The van der Waals surface area contributed by atoms with Crippen LogP contribution in [-0.2, 0) is 4.79 Å². The van der Waals surface area contributed by atoms with Crippen LogP contribution in [0.5, 0.6) is 0 Å². The monoisotopic (exact) mass is 209 g/mol. The van der Waals surface area contributed by atoms with E-state index in [2.05, 4.69) is 5.32 Å². The van der Waals surface area contributed by atoms with Crippen molar-refractivity contribution >= 4 is 17.3 Å². The Balaban J connectivity index is 2.64. The normalized spacial score (nSPS) is 9.67. The number of non-ortho nitro benzene ring substituents is 1. The molecule has 3 N–H and O–H groups in total. The summed E-state index contributed by atoms with van der Waals surface area (Å²) in [7, 11) is 0. The Kier molecular flexibility index (Phi) is 3.75. The molecule has 0 heterocycles. The van der Waals surface area contributed by atoms with E-state index in [1.807, 2.05) is 0 Å². The zero-order chi connectivity index (χ0) is 11.3. The number of hydrogen-bond donors (Lipinski definition) is 2. The van der Waals surface area contributed by atoms with E-state index in [9.17, 15) is 14.9 Å². The van der Waals surface area contributed by atoms with Crippen molar-refractivity contribution in [2.75, 3.05) is 11.9 Å². The largest absolute Gasteiger partial charge is 0.330 e. The Bertz CT molecular complexity index is 361. The first-order valence-corrected chi connectivity index (χ1v) is 4.38. The van der Waals surface area contributed by atoms with Crippen LogP contribution in [0.1, 0.15) is 6.42 Å². The summed E-state index contributed by atoms with van der Waals surface area (Å²) < 4.78 is 0. The second-order valence-corrected chi connectivity index (χ2v) is 2.89. The molecule has 0 saturated heterocycles. The smallest absolute Gasteiger partial charge is 0.269 e. The summed E-state index contributed by atoms with van der Waals surface area (Å²) in [4.78, 5) is 21.0. The van der Waals surface area contributed by atoms with Gasteiger partial charge in [0.15, 0.2) is 0 Å². The molecular formula is C9H11N3O3. The molecular weight excluding hydrogens is 198 g/mol. The van der Waals surface area contributed by atoms with E-state index >= 15 is 0 Å². The number of anilines is 1. The highest BCUT2D eigenvalue weighted by molar-refractivity contribution is 5.90. The lowest BCUT2D eigenvalue weighted by atomic mass is 10.3. The SMILES string of the molecule is NCCC(=O)Nc1ccc([N+](=O)[O-])cc1. The van der Waals surface area contributed by atoms with E-state index in [-0.39, 0.29) is 24.6 Å². The number of nitro benzene ring substituents is 1. The van der Waals surface area contributed by atoms with E-state index in [1.165, 1.54) is 24.3 Å². The van der Waals surface area contributed by atoms with Gasteiger partial charge in [-0.15, -0.1) is 0 Å². The van der Waals surface area contributed by atoms with Gasteiger partial charge in [0.05, 0.1) is 4.92 Å². The van der Waals surface area contributed by atoms with Gasteiger partial charge >= 0.3 is 0 Å². The van der Waals surface area contributed by atoms with Crippen molar-refractivity contribution < 1.29 is 9.72 Å². The molecule has 0 aromatic heterocycles. The Morgan fingerprint density at radius 2 is 2.00 bits per heavy atom. The highest BCUT2D eigenvalue weighted by Gasteiger charge is 2.05. The number of rotatable bonds is 4. The summed E-state index contributed by atoms with van der Waals surface area (Å²) in [6.07, 6.45) is 0.233. The van der Waals surface area contributed by atoms with Gasteiger partial charge < -0.3 is 11.1 Å². The van der Waals surface area contributed by atoms with Gasteiger partial charge in [0.1, 0.15) is 0 Å². The molecule has 1 amide bonds. The Morgan fingerprint density at radius 1 is 1.40 bits per heavy atom. The van der Waals surface area contributed by atoms with Crippen LogP contribution in [0.15, 0.2) is 24.3 Å². The van der Waals surface area contributed by atoms with Gasteiger partial charge in [0.2, 0.25) is 5.91 Å². The van der Waals surface area contributed by atoms with Crippen molar-refractivity contribution in [1.82, 2.24) is 0 Å². The van der Waals surface area contributed by atoms with Gasteiger partial charge in [-0.1, -0.05) is 0 Å². The predicted octanol–water partition coefficient (Wildman–Crippen LogP) is 0.882. The first-order chi connectivity index (χ1) is 7.13. The lowest BCUT2D eigenvalue weighted by Gasteiger charge is -2.02. The molecule has 0 aliphatic heterocycles. The first kappa shape index (κ1) is 11.1. The maximum absolute atomic E-state index is 11.1. The second-order valence-electron chi connectivity index (χ2n) is 2.89. The zero-order valence-corrected chi connectivity index (χ0v) is 7.97. The third-order valence-electron chi connectivity index (χ3n) is 1.73.